The lowest BCUT2D eigenvalue weighted by Gasteiger charge is -2.41. The summed E-state index contributed by atoms with van der Waals surface area (Å²) in [4.78, 5) is 36.7. The molecule has 1 heterocycles. The first-order valence-corrected chi connectivity index (χ1v) is 8.21. The zero-order valence-corrected chi connectivity index (χ0v) is 15.1. The third kappa shape index (κ3) is 3.36. The van der Waals surface area contributed by atoms with E-state index in [1.54, 1.807) is 36.4 Å². The van der Waals surface area contributed by atoms with Gasteiger partial charge in [-0.1, -0.05) is 30.3 Å². The number of carbonyl (C=O) groups is 3. The van der Waals surface area contributed by atoms with Crippen LogP contribution in [0.2, 0.25) is 0 Å². The molecule has 27 heavy (non-hydrogen) atoms. The molecule has 0 saturated carbocycles. The average molecular weight is 370 g/mol. The topological polar surface area (TPSA) is 88.1 Å². The number of carbonyl (C=O) groups excluding carboxylic acids is 3. The molecular weight excluding hydrogens is 352 g/mol. The molecule has 1 aliphatic rings. The second-order valence-corrected chi connectivity index (χ2v) is 5.95. The molecule has 3 rings (SSSR count). The van der Waals surface area contributed by atoms with Gasteiger partial charge in [-0.05, 0) is 12.1 Å². The van der Waals surface area contributed by atoms with Gasteiger partial charge in [-0.25, -0.2) is 0 Å². The van der Waals surface area contributed by atoms with Crippen LogP contribution in [-0.2, 0) is 24.8 Å². The van der Waals surface area contributed by atoms with Gasteiger partial charge >= 0.3 is 17.7 Å². The van der Waals surface area contributed by atoms with Gasteiger partial charge in [0.1, 0.15) is 11.5 Å². The van der Waals surface area contributed by atoms with E-state index in [1.807, 2.05) is 0 Å². The number of rotatable bonds is 4. The molecule has 0 radical (unpaired) electrons. The summed E-state index contributed by atoms with van der Waals surface area (Å²) in [5, 5.41) is 0. The highest BCUT2D eigenvalue weighted by atomic mass is 16.7. The number of hydrogen-bond donors (Lipinski definition) is 0. The molecular formula is C20H18O7. The van der Waals surface area contributed by atoms with Gasteiger partial charge in [-0.2, -0.15) is 0 Å². The van der Waals surface area contributed by atoms with Crippen LogP contribution in [0, 0.1) is 0 Å². The highest BCUT2D eigenvalue weighted by Gasteiger charge is 2.56. The molecule has 0 bridgehead atoms. The molecule has 0 N–H and O–H groups in total. The number of Topliss-reactive ketones (excluding diaryl/α,β-unsaturated/α-hetero) is 1. The zero-order valence-electron chi connectivity index (χ0n) is 15.1. The van der Waals surface area contributed by atoms with E-state index < -0.39 is 29.6 Å². The van der Waals surface area contributed by atoms with E-state index in [0.29, 0.717) is 11.3 Å². The van der Waals surface area contributed by atoms with E-state index in [1.165, 1.54) is 33.1 Å². The van der Waals surface area contributed by atoms with E-state index in [9.17, 15) is 14.4 Å². The Morgan fingerprint density at radius 1 is 1.04 bits per heavy atom. The van der Waals surface area contributed by atoms with Crippen LogP contribution in [0.25, 0.3) is 0 Å². The molecule has 7 heteroatoms. The van der Waals surface area contributed by atoms with E-state index >= 15 is 0 Å². The van der Waals surface area contributed by atoms with Gasteiger partial charge in [0, 0.05) is 25.5 Å². The predicted octanol–water partition coefficient (Wildman–Crippen LogP) is 2.62. The zero-order chi connectivity index (χ0) is 19.6. The third-order valence-electron chi connectivity index (χ3n) is 4.05. The van der Waals surface area contributed by atoms with Gasteiger partial charge in [-0.15, -0.1) is 0 Å². The summed E-state index contributed by atoms with van der Waals surface area (Å²) >= 11 is 0. The van der Waals surface area contributed by atoms with Gasteiger partial charge in [0.05, 0.1) is 12.7 Å². The Bertz CT molecular complexity index is 890. The average Bonchev–Trinajstić information content (AvgIpc) is 2.64. The fourth-order valence-electron chi connectivity index (χ4n) is 2.97. The molecule has 2 unspecified atom stereocenters. The molecule has 0 saturated heterocycles. The molecule has 7 nitrogen and oxygen atoms in total. The second-order valence-electron chi connectivity index (χ2n) is 5.95. The Morgan fingerprint density at radius 2 is 1.74 bits per heavy atom. The summed E-state index contributed by atoms with van der Waals surface area (Å²) in [5.41, 5.74) is 0.550. The van der Waals surface area contributed by atoms with Crippen LogP contribution in [-0.4, -0.2) is 30.9 Å². The number of methoxy groups -OCH3 is 1. The van der Waals surface area contributed by atoms with Crippen LogP contribution in [0.15, 0.2) is 48.5 Å². The minimum atomic E-state index is -1.95. The fourth-order valence-corrected chi connectivity index (χ4v) is 2.97. The van der Waals surface area contributed by atoms with E-state index in [0.717, 1.165) is 0 Å². The monoisotopic (exact) mass is 370 g/mol. The van der Waals surface area contributed by atoms with E-state index in [4.69, 9.17) is 18.9 Å². The van der Waals surface area contributed by atoms with Gasteiger partial charge in [-0.3, -0.25) is 14.4 Å². The molecule has 0 aliphatic carbocycles. The smallest absolute Gasteiger partial charge is 0.326 e. The third-order valence-corrected chi connectivity index (χ3v) is 4.05. The molecule has 0 aromatic heterocycles. The van der Waals surface area contributed by atoms with Gasteiger partial charge in [0.2, 0.25) is 11.9 Å². The Balaban J connectivity index is 2.24. The summed E-state index contributed by atoms with van der Waals surface area (Å²) in [6.07, 6.45) is -1.50. The van der Waals surface area contributed by atoms with Crippen LogP contribution in [0.3, 0.4) is 0 Å². The quantitative estimate of drug-likeness (QED) is 0.765. The number of ketones is 1. The minimum absolute atomic E-state index is 0.160. The van der Waals surface area contributed by atoms with Crippen molar-refractivity contribution in [3.63, 3.8) is 0 Å². The Kier molecular flexibility index (Phi) is 4.85. The Morgan fingerprint density at radius 3 is 2.33 bits per heavy atom. The first-order chi connectivity index (χ1) is 12.9. The van der Waals surface area contributed by atoms with Crippen molar-refractivity contribution in [2.24, 2.45) is 0 Å². The van der Waals surface area contributed by atoms with Gasteiger partial charge in [0.15, 0.2) is 0 Å². The maximum Gasteiger partial charge on any atom is 0.326 e. The number of ether oxygens (including phenoxy) is 4. The molecule has 2 aromatic rings. The van der Waals surface area contributed by atoms with E-state index in [2.05, 4.69) is 0 Å². The number of benzene rings is 2. The van der Waals surface area contributed by atoms with Crippen LogP contribution in [0.1, 0.15) is 29.8 Å². The van der Waals surface area contributed by atoms with Crippen LogP contribution < -0.4 is 9.47 Å². The van der Waals surface area contributed by atoms with Crippen molar-refractivity contribution in [3.8, 4) is 11.5 Å². The molecule has 2 aromatic carbocycles. The van der Waals surface area contributed by atoms with Gasteiger partial charge in [0.25, 0.3) is 0 Å². The molecule has 1 aliphatic heterocycles. The van der Waals surface area contributed by atoms with E-state index in [-0.39, 0.29) is 11.3 Å². The van der Waals surface area contributed by atoms with Crippen LogP contribution in [0.4, 0.5) is 0 Å². The molecule has 0 fully saturated rings. The summed E-state index contributed by atoms with van der Waals surface area (Å²) in [5.74, 6) is -3.28. The molecule has 140 valence electrons. The van der Waals surface area contributed by atoms with Crippen molar-refractivity contribution in [1.29, 1.82) is 0 Å². The highest BCUT2D eigenvalue weighted by Crippen LogP contribution is 2.43. The molecule has 0 spiro atoms. The lowest BCUT2D eigenvalue weighted by Crippen LogP contribution is -2.56. The number of esters is 2. The van der Waals surface area contributed by atoms with Crippen molar-refractivity contribution in [1.82, 2.24) is 0 Å². The lowest BCUT2D eigenvalue weighted by atomic mass is 9.89. The van der Waals surface area contributed by atoms with Crippen molar-refractivity contribution in [3.05, 3.63) is 59.7 Å². The van der Waals surface area contributed by atoms with Crippen molar-refractivity contribution < 1.29 is 33.3 Å². The second kappa shape index (κ2) is 7.11. The normalized spacial score (nSPS) is 20.9. The summed E-state index contributed by atoms with van der Waals surface area (Å²) < 4.78 is 21.9. The maximum absolute atomic E-state index is 13.1. The lowest BCUT2D eigenvalue weighted by molar-refractivity contribution is -0.238. The molecule has 2 atom stereocenters. The fraction of sp³-hybridized carbons (Fsp3) is 0.250. The summed E-state index contributed by atoms with van der Waals surface area (Å²) in [6.45, 7) is 2.35. The number of hydrogen-bond acceptors (Lipinski definition) is 7. The molecule has 0 amide bonds. The van der Waals surface area contributed by atoms with Crippen LogP contribution >= 0.6 is 0 Å². The highest BCUT2D eigenvalue weighted by molar-refractivity contribution is 6.04. The number of fused-ring (bicyclic) bond motifs is 1. The Labute approximate surface area is 155 Å². The maximum atomic E-state index is 13.1. The van der Waals surface area contributed by atoms with Crippen molar-refractivity contribution in [2.75, 3.05) is 7.11 Å². The standard InChI is InChI=1S/C20H18O7/c1-12(21)25-19-18(23)16-10-9-15(24-3)11-17(16)27-20(19,26-13(2)22)14-7-5-4-6-8-14/h4-11,19H,1-3H3. The summed E-state index contributed by atoms with van der Waals surface area (Å²) in [7, 11) is 1.48. The van der Waals surface area contributed by atoms with Crippen LogP contribution in [0.5, 0.6) is 11.5 Å². The minimum Gasteiger partial charge on any atom is -0.497 e. The first kappa shape index (κ1) is 18.4. The largest absolute Gasteiger partial charge is 0.497 e. The predicted molar refractivity (Wildman–Crippen MR) is 93.4 cm³/mol. The summed E-state index contributed by atoms with van der Waals surface area (Å²) in [6, 6.07) is 13.0. The van der Waals surface area contributed by atoms with Crippen molar-refractivity contribution in [2.45, 2.75) is 25.7 Å². The first-order valence-electron chi connectivity index (χ1n) is 8.21. The van der Waals surface area contributed by atoms with Crippen molar-refractivity contribution >= 4 is 17.7 Å². The SMILES string of the molecule is COc1ccc2c(c1)OC(OC(C)=O)(c1ccccc1)C(OC(C)=O)C2=O. The Hall–Kier alpha value is -3.35. The van der Waals surface area contributed by atoms with Gasteiger partial charge < -0.3 is 18.9 Å².